The molecule has 0 unspecified atom stereocenters. The first-order valence-corrected chi connectivity index (χ1v) is 6.99. The van der Waals surface area contributed by atoms with Crippen LogP contribution in [0, 0.1) is 6.92 Å². The number of aryl methyl sites for hydroxylation is 1. The maximum absolute atomic E-state index is 12.3. The summed E-state index contributed by atoms with van der Waals surface area (Å²) < 4.78 is 0. The molecule has 2 aromatic rings. The number of carbonyl (C=O) groups is 1. The Morgan fingerprint density at radius 1 is 1.48 bits per heavy atom. The van der Waals surface area contributed by atoms with Gasteiger partial charge in [0.05, 0.1) is 17.7 Å². The third kappa shape index (κ3) is 3.34. The number of amidine groups is 1. The number of hydrogen-bond donors (Lipinski definition) is 2. The molecule has 3 N–H and O–H groups in total. The summed E-state index contributed by atoms with van der Waals surface area (Å²) >= 11 is 1.51. The van der Waals surface area contributed by atoms with E-state index in [1.807, 2.05) is 6.92 Å². The highest BCUT2D eigenvalue weighted by atomic mass is 32.1. The van der Waals surface area contributed by atoms with Crippen LogP contribution in [0.5, 0.6) is 0 Å². The topological polar surface area (TPSA) is 105 Å². The Kier molecular flexibility index (Phi) is 4.49. The van der Waals surface area contributed by atoms with E-state index < -0.39 is 0 Å². The molecule has 0 aromatic carbocycles. The van der Waals surface area contributed by atoms with E-state index in [2.05, 4.69) is 15.1 Å². The van der Waals surface area contributed by atoms with Gasteiger partial charge in [-0.05, 0) is 19.1 Å². The summed E-state index contributed by atoms with van der Waals surface area (Å²) in [7, 11) is 1.71. The maximum atomic E-state index is 12.3. The average molecular weight is 305 g/mol. The molecule has 0 bridgehead atoms. The molecular formula is C13H15N5O2S. The van der Waals surface area contributed by atoms with Gasteiger partial charge in [-0.1, -0.05) is 5.16 Å². The number of rotatable bonds is 4. The molecule has 1 amide bonds. The Labute approximate surface area is 125 Å². The van der Waals surface area contributed by atoms with Crippen molar-refractivity contribution in [1.82, 2.24) is 14.9 Å². The fraction of sp³-hybridized carbons (Fsp3) is 0.231. The first-order valence-electron chi connectivity index (χ1n) is 6.11. The van der Waals surface area contributed by atoms with Gasteiger partial charge >= 0.3 is 0 Å². The molecule has 0 aliphatic carbocycles. The summed E-state index contributed by atoms with van der Waals surface area (Å²) in [6.07, 6.45) is 1.40. The third-order valence-corrected chi connectivity index (χ3v) is 3.88. The van der Waals surface area contributed by atoms with Gasteiger partial charge in [-0.25, -0.2) is 4.98 Å². The second-order valence-electron chi connectivity index (χ2n) is 4.44. The van der Waals surface area contributed by atoms with E-state index in [9.17, 15) is 4.79 Å². The SMILES string of the molecule is Cc1ncsc1CN(C)C(=O)c1ccc(C(N)=NO)cn1. The van der Waals surface area contributed by atoms with Crippen molar-refractivity contribution in [2.24, 2.45) is 10.9 Å². The Morgan fingerprint density at radius 2 is 2.24 bits per heavy atom. The van der Waals surface area contributed by atoms with Gasteiger partial charge in [0.2, 0.25) is 0 Å². The molecule has 0 aliphatic heterocycles. The highest BCUT2D eigenvalue weighted by molar-refractivity contribution is 7.09. The van der Waals surface area contributed by atoms with Crippen LogP contribution in [-0.4, -0.2) is 38.9 Å². The summed E-state index contributed by atoms with van der Waals surface area (Å²) in [5, 5.41) is 11.5. The molecule has 2 rings (SSSR count). The molecule has 0 atom stereocenters. The number of oxime groups is 1. The van der Waals surface area contributed by atoms with Crippen LogP contribution in [0.15, 0.2) is 29.0 Å². The monoisotopic (exact) mass is 305 g/mol. The quantitative estimate of drug-likeness (QED) is 0.382. The lowest BCUT2D eigenvalue weighted by Crippen LogP contribution is -2.27. The molecular weight excluding hydrogens is 290 g/mol. The molecule has 7 nitrogen and oxygen atoms in total. The van der Waals surface area contributed by atoms with E-state index in [1.165, 1.54) is 17.5 Å². The van der Waals surface area contributed by atoms with Crippen LogP contribution in [-0.2, 0) is 6.54 Å². The Morgan fingerprint density at radius 3 is 2.76 bits per heavy atom. The van der Waals surface area contributed by atoms with E-state index in [0.717, 1.165) is 10.6 Å². The molecule has 8 heteroatoms. The van der Waals surface area contributed by atoms with E-state index in [-0.39, 0.29) is 11.7 Å². The first kappa shape index (κ1) is 14.9. The van der Waals surface area contributed by atoms with Crippen LogP contribution in [0.25, 0.3) is 0 Å². The molecule has 0 fully saturated rings. The second kappa shape index (κ2) is 6.31. The zero-order chi connectivity index (χ0) is 15.4. The summed E-state index contributed by atoms with van der Waals surface area (Å²) in [4.78, 5) is 23.1. The maximum Gasteiger partial charge on any atom is 0.272 e. The van der Waals surface area contributed by atoms with Crippen molar-refractivity contribution in [3.63, 3.8) is 0 Å². The summed E-state index contributed by atoms with van der Waals surface area (Å²) in [6.45, 7) is 2.40. The zero-order valence-electron chi connectivity index (χ0n) is 11.6. The number of carbonyl (C=O) groups excluding carboxylic acids is 1. The van der Waals surface area contributed by atoms with Gasteiger partial charge in [0, 0.05) is 23.7 Å². The van der Waals surface area contributed by atoms with Crippen LogP contribution in [0.2, 0.25) is 0 Å². The van der Waals surface area contributed by atoms with Gasteiger partial charge in [-0.2, -0.15) is 0 Å². The minimum absolute atomic E-state index is 0.0462. The smallest absolute Gasteiger partial charge is 0.272 e. The number of hydrogen-bond acceptors (Lipinski definition) is 6. The van der Waals surface area contributed by atoms with Crippen LogP contribution in [0.3, 0.4) is 0 Å². The van der Waals surface area contributed by atoms with Gasteiger partial charge in [0.15, 0.2) is 5.84 Å². The standard InChI is InChI=1S/C13H15N5O2S/c1-8-11(21-7-16-8)6-18(2)13(19)10-4-3-9(5-15-10)12(14)17-20/h3-5,7,20H,6H2,1-2H3,(H2,14,17). The molecule has 0 saturated heterocycles. The fourth-order valence-corrected chi connectivity index (χ4v) is 2.52. The van der Waals surface area contributed by atoms with Crippen molar-refractivity contribution in [2.45, 2.75) is 13.5 Å². The van der Waals surface area contributed by atoms with Crippen molar-refractivity contribution < 1.29 is 10.0 Å². The number of pyridine rings is 1. The molecule has 0 saturated carbocycles. The second-order valence-corrected chi connectivity index (χ2v) is 5.38. The predicted molar refractivity (Wildman–Crippen MR) is 79.4 cm³/mol. The summed E-state index contributed by atoms with van der Waals surface area (Å²) in [5.74, 6) is -0.246. The number of thiazole rings is 1. The number of nitrogens with zero attached hydrogens (tertiary/aromatic N) is 4. The lowest BCUT2D eigenvalue weighted by molar-refractivity contribution is 0.0780. The summed E-state index contributed by atoms with van der Waals surface area (Å²) in [6, 6.07) is 3.13. The zero-order valence-corrected chi connectivity index (χ0v) is 12.5. The molecule has 2 heterocycles. The van der Waals surface area contributed by atoms with Gasteiger partial charge in [-0.3, -0.25) is 9.78 Å². The van der Waals surface area contributed by atoms with Crippen molar-refractivity contribution in [2.75, 3.05) is 7.05 Å². The van der Waals surface area contributed by atoms with Crippen molar-refractivity contribution in [1.29, 1.82) is 0 Å². The highest BCUT2D eigenvalue weighted by Gasteiger charge is 2.15. The van der Waals surface area contributed by atoms with Crippen molar-refractivity contribution in [3.05, 3.63) is 45.7 Å². The van der Waals surface area contributed by atoms with Gasteiger partial charge in [0.1, 0.15) is 5.69 Å². The molecule has 2 aromatic heterocycles. The predicted octanol–water partition coefficient (Wildman–Crippen LogP) is 1.21. The van der Waals surface area contributed by atoms with Gasteiger partial charge in [0.25, 0.3) is 5.91 Å². The van der Waals surface area contributed by atoms with Crippen molar-refractivity contribution >= 4 is 23.1 Å². The molecule has 0 spiro atoms. The number of amides is 1. The van der Waals surface area contributed by atoms with Crippen LogP contribution >= 0.6 is 11.3 Å². The third-order valence-electron chi connectivity index (χ3n) is 2.96. The molecule has 21 heavy (non-hydrogen) atoms. The Bertz CT molecular complexity index is 665. The highest BCUT2D eigenvalue weighted by Crippen LogP contribution is 2.15. The first-order chi connectivity index (χ1) is 10.0. The minimum atomic E-state index is -0.200. The fourth-order valence-electron chi connectivity index (χ4n) is 1.69. The van der Waals surface area contributed by atoms with Crippen LogP contribution in [0.4, 0.5) is 0 Å². The number of aromatic nitrogens is 2. The van der Waals surface area contributed by atoms with E-state index in [1.54, 1.807) is 29.6 Å². The van der Waals surface area contributed by atoms with Crippen LogP contribution in [0.1, 0.15) is 26.6 Å². The Balaban J connectivity index is 2.10. The summed E-state index contributed by atoms with van der Waals surface area (Å²) in [5.41, 5.74) is 8.88. The largest absolute Gasteiger partial charge is 0.409 e. The van der Waals surface area contributed by atoms with E-state index >= 15 is 0 Å². The van der Waals surface area contributed by atoms with Crippen molar-refractivity contribution in [3.8, 4) is 0 Å². The molecule has 0 radical (unpaired) electrons. The lowest BCUT2D eigenvalue weighted by atomic mass is 10.2. The molecule has 0 aliphatic rings. The molecule has 110 valence electrons. The van der Waals surface area contributed by atoms with Gasteiger partial charge in [-0.15, -0.1) is 11.3 Å². The number of nitrogens with two attached hydrogens (primary N) is 1. The van der Waals surface area contributed by atoms with Gasteiger partial charge < -0.3 is 15.8 Å². The minimum Gasteiger partial charge on any atom is -0.409 e. The van der Waals surface area contributed by atoms with E-state index in [4.69, 9.17) is 10.9 Å². The average Bonchev–Trinajstić information content (AvgIpc) is 2.91. The lowest BCUT2D eigenvalue weighted by Gasteiger charge is -2.16. The Hall–Kier alpha value is -2.48. The normalized spacial score (nSPS) is 11.4. The van der Waals surface area contributed by atoms with Crippen LogP contribution < -0.4 is 5.73 Å². The van der Waals surface area contributed by atoms with E-state index in [0.29, 0.717) is 17.8 Å².